The number of benzene rings is 1. The Hall–Kier alpha value is -1.29. The van der Waals surface area contributed by atoms with Crippen LogP contribution >= 0.6 is 0 Å². The lowest BCUT2D eigenvalue weighted by Gasteiger charge is -2.25. The third-order valence-electron chi connectivity index (χ3n) is 3.69. The van der Waals surface area contributed by atoms with E-state index in [0.717, 1.165) is 13.0 Å². The molecule has 0 bridgehead atoms. The van der Waals surface area contributed by atoms with Crippen molar-refractivity contribution in [2.75, 3.05) is 26.3 Å². The lowest BCUT2D eigenvalue weighted by atomic mass is 9.88. The Bertz CT molecular complexity index is 428. The van der Waals surface area contributed by atoms with E-state index in [1.165, 1.54) is 0 Å². The molecule has 0 aromatic heterocycles. The van der Waals surface area contributed by atoms with Gasteiger partial charge in [0, 0.05) is 0 Å². The van der Waals surface area contributed by atoms with Gasteiger partial charge >= 0.3 is 0 Å². The summed E-state index contributed by atoms with van der Waals surface area (Å²) < 4.78 is 26.3. The smallest absolute Gasteiger partial charge is 0.161 e. The Morgan fingerprint density at radius 2 is 1.85 bits per heavy atom. The molecule has 1 fully saturated rings. The van der Waals surface area contributed by atoms with Gasteiger partial charge in [0.2, 0.25) is 0 Å². The van der Waals surface area contributed by atoms with Crippen LogP contribution in [-0.2, 0) is 5.67 Å². The summed E-state index contributed by atoms with van der Waals surface area (Å²) in [5.74, 6) is 1.33. The quantitative estimate of drug-likeness (QED) is 0.897. The first-order valence-corrected chi connectivity index (χ1v) is 7.49. The summed E-state index contributed by atoms with van der Waals surface area (Å²) in [7, 11) is 0. The Balaban J connectivity index is 2.28. The summed E-state index contributed by atoms with van der Waals surface area (Å²) in [5.41, 5.74) is -0.562. The van der Waals surface area contributed by atoms with Crippen LogP contribution in [0.2, 0.25) is 0 Å². The summed E-state index contributed by atoms with van der Waals surface area (Å²) in [6, 6.07) is 5.46. The molecule has 0 aliphatic carbocycles. The predicted molar refractivity (Wildman–Crippen MR) is 78.3 cm³/mol. The molecule has 20 heavy (non-hydrogen) atoms. The van der Waals surface area contributed by atoms with Crippen molar-refractivity contribution in [2.24, 2.45) is 0 Å². The molecule has 4 heteroatoms. The number of hydrogen-bond donors (Lipinski definition) is 1. The summed E-state index contributed by atoms with van der Waals surface area (Å²) in [6.07, 6.45) is 1.92. The standard InChI is InChI=1S/C16H24FNO2/c1-3-19-14-7-6-13(12-15(14)20-4-2)16(17)8-5-10-18-11-9-16/h6-7,12,18H,3-5,8-11H2,1-2H3. The Kier molecular flexibility index (Phi) is 5.24. The number of rotatable bonds is 5. The molecule has 2 rings (SSSR count). The van der Waals surface area contributed by atoms with E-state index in [2.05, 4.69) is 5.32 Å². The zero-order valence-corrected chi connectivity index (χ0v) is 12.4. The van der Waals surface area contributed by atoms with Gasteiger partial charge in [0.25, 0.3) is 0 Å². The number of halogens is 1. The molecule has 1 aliphatic rings. The van der Waals surface area contributed by atoms with E-state index < -0.39 is 5.67 Å². The second kappa shape index (κ2) is 6.93. The largest absolute Gasteiger partial charge is 0.490 e. The van der Waals surface area contributed by atoms with Crippen molar-refractivity contribution in [3.8, 4) is 11.5 Å². The highest BCUT2D eigenvalue weighted by Gasteiger charge is 2.33. The van der Waals surface area contributed by atoms with Gasteiger partial charge < -0.3 is 14.8 Å². The normalized spacial score (nSPS) is 23.1. The van der Waals surface area contributed by atoms with E-state index in [9.17, 15) is 0 Å². The summed E-state index contributed by atoms with van der Waals surface area (Å²) in [4.78, 5) is 0. The maximum Gasteiger partial charge on any atom is 0.161 e. The van der Waals surface area contributed by atoms with E-state index in [4.69, 9.17) is 9.47 Å². The van der Waals surface area contributed by atoms with Gasteiger partial charge in [-0.05, 0) is 63.9 Å². The second-order valence-corrected chi connectivity index (χ2v) is 5.10. The van der Waals surface area contributed by atoms with E-state index in [1.807, 2.05) is 26.0 Å². The number of ether oxygens (including phenoxy) is 2. The molecule has 1 unspecified atom stereocenters. The lowest BCUT2D eigenvalue weighted by Crippen LogP contribution is -2.22. The van der Waals surface area contributed by atoms with E-state index in [0.29, 0.717) is 49.7 Å². The molecule has 1 atom stereocenters. The zero-order valence-electron chi connectivity index (χ0n) is 12.4. The summed E-state index contributed by atoms with van der Waals surface area (Å²) in [5, 5.41) is 3.25. The van der Waals surface area contributed by atoms with Gasteiger partial charge in [0.05, 0.1) is 13.2 Å². The fourth-order valence-electron chi connectivity index (χ4n) is 2.65. The number of alkyl halides is 1. The Morgan fingerprint density at radius 3 is 2.60 bits per heavy atom. The molecule has 1 aliphatic heterocycles. The van der Waals surface area contributed by atoms with Crippen LogP contribution in [0.25, 0.3) is 0 Å². The molecular weight excluding hydrogens is 257 g/mol. The van der Waals surface area contributed by atoms with E-state index >= 15 is 4.39 Å². The summed E-state index contributed by atoms with van der Waals surface area (Å²) >= 11 is 0. The van der Waals surface area contributed by atoms with Gasteiger partial charge in [-0.1, -0.05) is 6.07 Å². The van der Waals surface area contributed by atoms with Crippen LogP contribution < -0.4 is 14.8 Å². The summed E-state index contributed by atoms with van der Waals surface area (Å²) in [6.45, 7) is 6.57. The topological polar surface area (TPSA) is 30.5 Å². The van der Waals surface area contributed by atoms with Crippen LogP contribution in [0.1, 0.15) is 38.7 Å². The molecule has 1 aromatic rings. The van der Waals surface area contributed by atoms with Crippen molar-refractivity contribution in [2.45, 2.75) is 38.8 Å². The predicted octanol–water partition coefficient (Wildman–Crippen LogP) is 3.42. The highest BCUT2D eigenvalue weighted by atomic mass is 19.1. The monoisotopic (exact) mass is 281 g/mol. The molecule has 112 valence electrons. The maximum atomic E-state index is 15.2. The van der Waals surface area contributed by atoms with Crippen molar-refractivity contribution in [3.05, 3.63) is 23.8 Å². The minimum Gasteiger partial charge on any atom is -0.490 e. The Labute approximate surface area is 120 Å². The van der Waals surface area contributed by atoms with Crippen LogP contribution in [0.3, 0.4) is 0 Å². The molecule has 1 N–H and O–H groups in total. The van der Waals surface area contributed by atoms with Gasteiger partial charge in [-0.3, -0.25) is 0 Å². The Morgan fingerprint density at radius 1 is 1.10 bits per heavy atom. The second-order valence-electron chi connectivity index (χ2n) is 5.10. The molecule has 0 radical (unpaired) electrons. The highest BCUT2D eigenvalue weighted by molar-refractivity contribution is 5.44. The maximum absolute atomic E-state index is 15.2. The number of hydrogen-bond acceptors (Lipinski definition) is 3. The van der Waals surface area contributed by atoms with Crippen LogP contribution in [0.5, 0.6) is 11.5 Å². The van der Waals surface area contributed by atoms with Crippen molar-refractivity contribution in [3.63, 3.8) is 0 Å². The third kappa shape index (κ3) is 3.42. The molecule has 0 saturated carbocycles. The average molecular weight is 281 g/mol. The van der Waals surface area contributed by atoms with Crippen LogP contribution in [-0.4, -0.2) is 26.3 Å². The van der Waals surface area contributed by atoms with Crippen molar-refractivity contribution < 1.29 is 13.9 Å². The van der Waals surface area contributed by atoms with E-state index in [1.54, 1.807) is 6.07 Å². The molecule has 0 amide bonds. The molecule has 1 saturated heterocycles. The fraction of sp³-hybridized carbons (Fsp3) is 0.625. The first-order chi connectivity index (χ1) is 9.69. The lowest BCUT2D eigenvalue weighted by molar-refractivity contribution is 0.144. The first-order valence-electron chi connectivity index (χ1n) is 7.49. The van der Waals surface area contributed by atoms with Gasteiger partial charge in [0.1, 0.15) is 5.67 Å². The van der Waals surface area contributed by atoms with Crippen LogP contribution in [0, 0.1) is 0 Å². The van der Waals surface area contributed by atoms with Crippen LogP contribution in [0.15, 0.2) is 18.2 Å². The number of nitrogens with one attached hydrogen (secondary N) is 1. The van der Waals surface area contributed by atoms with Crippen molar-refractivity contribution in [1.82, 2.24) is 5.32 Å². The van der Waals surface area contributed by atoms with Gasteiger partial charge in [-0.15, -0.1) is 0 Å². The molecule has 1 aromatic carbocycles. The fourth-order valence-corrected chi connectivity index (χ4v) is 2.65. The minimum atomic E-state index is -1.26. The zero-order chi connectivity index (χ0) is 14.4. The molecular formula is C16H24FNO2. The van der Waals surface area contributed by atoms with Crippen molar-refractivity contribution >= 4 is 0 Å². The molecule has 0 spiro atoms. The first kappa shape index (κ1) is 15.1. The van der Waals surface area contributed by atoms with Gasteiger partial charge in [-0.2, -0.15) is 0 Å². The van der Waals surface area contributed by atoms with Crippen molar-refractivity contribution in [1.29, 1.82) is 0 Å². The third-order valence-corrected chi connectivity index (χ3v) is 3.69. The molecule has 3 nitrogen and oxygen atoms in total. The highest BCUT2D eigenvalue weighted by Crippen LogP contribution is 2.39. The average Bonchev–Trinajstić information content (AvgIpc) is 2.67. The minimum absolute atomic E-state index is 0.506. The van der Waals surface area contributed by atoms with Gasteiger partial charge in [-0.25, -0.2) is 4.39 Å². The van der Waals surface area contributed by atoms with Crippen LogP contribution in [0.4, 0.5) is 4.39 Å². The molecule has 1 heterocycles. The van der Waals surface area contributed by atoms with E-state index in [-0.39, 0.29) is 0 Å². The SMILES string of the molecule is CCOc1ccc(C2(F)CCCNCC2)cc1OCC. The van der Waals surface area contributed by atoms with Gasteiger partial charge in [0.15, 0.2) is 11.5 Å².